The van der Waals surface area contributed by atoms with Gasteiger partial charge in [0.05, 0.1) is 11.4 Å². The van der Waals surface area contributed by atoms with Gasteiger partial charge in [0, 0.05) is 31.0 Å². The Kier molecular flexibility index (Phi) is 6.15. The highest BCUT2D eigenvalue weighted by Crippen LogP contribution is 2.34. The van der Waals surface area contributed by atoms with E-state index < -0.39 is 0 Å². The van der Waals surface area contributed by atoms with Crippen LogP contribution in [0.3, 0.4) is 0 Å². The van der Waals surface area contributed by atoms with Crippen LogP contribution in [0.25, 0.3) is 0 Å². The number of amides is 2. The Morgan fingerprint density at radius 3 is 2.75 bits per heavy atom. The molecule has 1 N–H and O–H groups in total. The molecular weight excluding hydrogens is 322 g/mol. The molecule has 0 aromatic heterocycles. The molecule has 0 aliphatic carbocycles. The van der Waals surface area contributed by atoms with Gasteiger partial charge in [-0.05, 0) is 38.1 Å². The van der Waals surface area contributed by atoms with Gasteiger partial charge in [-0.2, -0.15) is 0 Å². The van der Waals surface area contributed by atoms with Gasteiger partial charge < -0.3 is 15.1 Å². The topological polar surface area (TPSA) is 52.7 Å². The van der Waals surface area contributed by atoms with Crippen molar-refractivity contribution in [2.75, 3.05) is 43.4 Å². The average Bonchev–Trinajstić information content (AvgIpc) is 2.62. The van der Waals surface area contributed by atoms with Crippen molar-refractivity contribution in [1.29, 1.82) is 0 Å². The van der Waals surface area contributed by atoms with Crippen molar-refractivity contribution < 1.29 is 9.59 Å². The van der Waals surface area contributed by atoms with E-state index in [2.05, 4.69) is 10.2 Å². The Balaban J connectivity index is 1.43. The molecule has 24 heavy (non-hydrogen) atoms. The third-order valence-electron chi connectivity index (χ3n) is 4.57. The van der Waals surface area contributed by atoms with Crippen LogP contribution >= 0.6 is 11.8 Å². The van der Waals surface area contributed by atoms with Crippen molar-refractivity contribution in [3.8, 4) is 0 Å². The molecule has 1 fully saturated rings. The van der Waals surface area contributed by atoms with E-state index in [9.17, 15) is 9.59 Å². The number of piperidine rings is 1. The van der Waals surface area contributed by atoms with Gasteiger partial charge in [-0.1, -0.05) is 18.6 Å². The smallest absolute Gasteiger partial charge is 0.237 e. The van der Waals surface area contributed by atoms with Crippen LogP contribution in [0.4, 0.5) is 5.69 Å². The van der Waals surface area contributed by atoms with Gasteiger partial charge in [-0.3, -0.25) is 9.59 Å². The lowest BCUT2D eigenvalue weighted by atomic mass is 10.1. The van der Waals surface area contributed by atoms with E-state index in [4.69, 9.17) is 0 Å². The van der Waals surface area contributed by atoms with Crippen LogP contribution in [-0.2, 0) is 9.59 Å². The van der Waals surface area contributed by atoms with Gasteiger partial charge in [0.25, 0.3) is 0 Å². The lowest BCUT2D eigenvalue weighted by molar-refractivity contribution is -0.121. The quantitative estimate of drug-likeness (QED) is 0.856. The van der Waals surface area contributed by atoms with Crippen molar-refractivity contribution in [1.82, 2.24) is 10.2 Å². The predicted octanol–water partition coefficient (Wildman–Crippen LogP) is 2.12. The van der Waals surface area contributed by atoms with E-state index in [1.807, 2.05) is 24.3 Å². The molecule has 0 bridgehead atoms. The van der Waals surface area contributed by atoms with E-state index in [1.54, 1.807) is 16.7 Å². The first-order valence-electron chi connectivity index (χ1n) is 8.75. The number of rotatable bonds is 6. The number of fused-ring (bicyclic) bond motifs is 1. The summed E-state index contributed by atoms with van der Waals surface area (Å²) in [5.74, 6) is 0.559. The molecule has 2 heterocycles. The second-order valence-electron chi connectivity index (χ2n) is 6.30. The Morgan fingerprint density at radius 2 is 1.92 bits per heavy atom. The van der Waals surface area contributed by atoms with Gasteiger partial charge in [0.1, 0.15) is 0 Å². The zero-order chi connectivity index (χ0) is 16.8. The van der Waals surface area contributed by atoms with Crippen LogP contribution in [0.5, 0.6) is 0 Å². The fourth-order valence-corrected chi connectivity index (χ4v) is 4.17. The molecular formula is C18H25N3O2S. The highest BCUT2D eigenvalue weighted by molar-refractivity contribution is 8.00. The minimum atomic E-state index is 0.0236. The number of hydrogen-bond acceptors (Lipinski definition) is 4. The minimum Gasteiger partial charge on any atom is -0.355 e. The summed E-state index contributed by atoms with van der Waals surface area (Å²) in [6.07, 6.45) is 4.21. The molecule has 1 aromatic carbocycles. The largest absolute Gasteiger partial charge is 0.355 e. The van der Waals surface area contributed by atoms with E-state index in [0.29, 0.717) is 25.3 Å². The first kappa shape index (κ1) is 17.3. The van der Waals surface area contributed by atoms with Crippen molar-refractivity contribution in [3.63, 3.8) is 0 Å². The Morgan fingerprint density at radius 1 is 1.12 bits per heavy atom. The van der Waals surface area contributed by atoms with Crippen LogP contribution in [-0.4, -0.2) is 55.2 Å². The minimum absolute atomic E-state index is 0.0236. The highest BCUT2D eigenvalue weighted by Gasteiger charge is 2.24. The SMILES string of the molecule is O=C(CCN1C(=O)CSc2ccccc21)NCCN1CCCCC1. The normalized spacial score (nSPS) is 18.3. The van der Waals surface area contributed by atoms with Crippen molar-refractivity contribution in [2.24, 2.45) is 0 Å². The van der Waals surface area contributed by atoms with Crippen molar-refractivity contribution in [2.45, 2.75) is 30.6 Å². The van der Waals surface area contributed by atoms with Gasteiger partial charge in [0.15, 0.2) is 0 Å². The molecule has 5 nitrogen and oxygen atoms in total. The van der Waals surface area contributed by atoms with E-state index in [1.165, 1.54) is 19.3 Å². The molecule has 0 spiro atoms. The molecule has 0 unspecified atom stereocenters. The van der Waals surface area contributed by atoms with Gasteiger partial charge in [-0.15, -0.1) is 11.8 Å². The molecule has 0 saturated carbocycles. The summed E-state index contributed by atoms with van der Waals surface area (Å²) in [6.45, 7) is 4.36. The molecule has 6 heteroatoms. The summed E-state index contributed by atoms with van der Waals surface area (Å²) in [4.78, 5) is 29.5. The van der Waals surface area contributed by atoms with Gasteiger partial charge >= 0.3 is 0 Å². The molecule has 3 rings (SSSR count). The number of anilines is 1. The van der Waals surface area contributed by atoms with Crippen molar-refractivity contribution >= 4 is 29.3 Å². The van der Waals surface area contributed by atoms with Crippen LogP contribution in [0, 0.1) is 0 Å². The highest BCUT2D eigenvalue weighted by atomic mass is 32.2. The zero-order valence-electron chi connectivity index (χ0n) is 14.0. The van der Waals surface area contributed by atoms with Gasteiger partial charge in [0.2, 0.25) is 11.8 Å². The van der Waals surface area contributed by atoms with Crippen LogP contribution < -0.4 is 10.2 Å². The molecule has 2 aliphatic heterocycles. The Hall–Kier alpha value is -1.53. The van der Waals surface area contributed by atoms with Gasteiger partial charge in [-0.25, -0.2) is 0 Å². The van der Waals surface area contributed by atoms with E-state index in [-0.39, 0.29) is 11.8 Å². The second-order valence-corrected chi connectivity index (χ2v) is 7.32. The summed E-state index contributed by atoms with van der Waals surface area (Å²) in [5.41, 5.74) is 0.930. The Bertz CT molecular complexity index is 587. The number of benzene rings is 1. The molecule has 130 valence electrons. The Labute approximate surface area is 147 Å². The number of thioether (sulfide) groups is 1. The standard InChI is InChI=1S/C18H25N3O2S/c22-17(19-9-13-20-10-4-1-5-11-20)8-12-21-15-6-2-3-7-16(15)24-14-18(21)23/h2-3,6-7H,1,4-5,8-14H2,(H,19,22). The molecule has 1 saturated heterocycles. The van der Waals surface area contributed by atoms with Crippen LogP contribution in [0.1, 0.15) is 25.7 Å². The number of nitrogens with zero attached hydrogens (tertiary/aromatic N) is 2. The number of likely N-dealkylation sites (tertiary alicyclic amines) is 1. The molecule has 0 radical (unpaired) electrons. The fraction of sp³-hybridized carbons (Fsp3) is 0.556. The van der Waals surface area contributed by atoms with E-state index >= 15 is 0 Å². The maximum atomic E-state index is 12.2. The summed E-state index contributed by atoms with van der Waals surface area (Å²) in [5, 5.41) is 2.98. The molecule has 2 amide bonds. The lowest BCUT2D eigenvalue weighted by Crippen LogP contribution is -2.40. The summed E-state index contributed by atoms with van der Waals surface area (Å²) >= 11 is 1.57. The number of carbonyl (C=O) groups is 2. The number of nitrogens with one attached hydrogen (secondary N) is 1. The third-order valence-corrected chi connectivity index (χ3v) is 5.62. The second kappa shape index (κ2) is 8.53. The monoisotopic (exact) mass is 347 g/mol. The summed E-state index contributed by atoms with van der Waals surface area (Å²) < 4.78 is 0. The fourth-order valence-electron chi connectivity index (χ4n) is 3.24. The number of carbonyl (C=O) groups excluding carboxylic acids is 2. The number of hydrogen-bond donors (Lipinski definition) is 1. The lowest BCUT2D eigenvalue weighted by Gasteiger charge is -2.29. The van der Waals surface area contributed by atoms with E-state index in [0.717, 1.165) is 30.2 Å². The molecule has 1 aromatic rings. The number of para-hydroxylation sites is 1. The molecule has 0 atom stereocenters. The third kappa shape index (κ3) is 4.51. The first-order valence-corrected chi connectivity index (χ1v) is 9.74. The summed E-state index contributed by atoms with van der Waals surface area (Å²) in [7, 11) is 0. The zero-order valence-corrected chi connectivity index (χ0v) is 14.8. The molecule has 2 aliphatic rings. The average molecular weight is 347 g/mol. The predicted molar refractivity (Wildman–Crippen MR) is 97.4 cm³/mol. The van der Waals surface area contributed by atoms with Crippen molar-refractivity contribution in [3.05, 3.63) is 24.3 Å². The first-order chi connectivity index (χ1) is 11.7. The maximum absolute atomic E-state index is 12.2. The summed E-state index contributed by atoms with van der Waals surface area (Å²) in [6, 6.07) is 7.89. The van der Waals surface area contributed by atoms with Crippen LogP contribution in [0.15, 0.2) is 29.2 Å². The van der Waals surface area contributed by atoms with Crippen LogP contribution in [0.2, 0.25) is 0 Å². The maximum Gasteiger partial charge on any atom is 0.237 e.